The Kier molecular flexibility index (Phi) is 7.83. The second-order valence-corrected chi connectivity index (χ2v) is 8.74. The first-order valence-electron chi connectivity index (χ1n) is 9.38. The van der Waals surface area contributed by atoms with Gasteiger partial charge < -0.3 is 14.8 Å². The summed E-state index contributed by atoms with van der Waals surface area (Å²) in [5.74, 6) is 1.09. The number of carbonyl (C=O) groups excluding carboxylic acids is 1. The number of aryl methyl sites for hydroxylation is 1. The molecule has 0 aromatic heterocycles. The lowest BCUT2D eigenvalue weighted by atomic mass is 10.1. The van der Waals surface area contributed by atoms with Crippen molar-refractivity contribution in [3.63, 3.8) is 0 Å². The van der Waals surface area contributed by atoms with Crippen LogP contribution in [0.5, 0.6) is 11.5 Å². The van der Waals surface area contributed by atoms with Crippen molar-refractivity contribution in [3.05, 3.63) is 47.0 Å². The number of rotatable bonds is 9. The van der Waals surface area contributed by atoms with E-state index in [0.29, 0.717) is 23.7 Å². The zero-order chi connectivity index (χ0) is 22.5. The third-order valence-corrected chi connectivity index (χ3v) is 5.78. The smallest absolute Gasteiger partial charge is 0.238 e. The number of nitrogens with zero attached hydrogens (tertiary/aromatic N) is 1. The number of carbonyl (C=O) groups is 1. The van der Waals surface area contributed by atoms with Gasteiger partial charge in [-0.05, 0) is 68.3 Å². The van der Waals surface area contributed by atoms with Gasteiger partial charge >= 0.3 is 0 Å². The van der Waals surface area contributed by atoms with Crippen LogP contribution in [-0.2, 0) is 21.2 Å². The van der Waals surface area contributed by atoms with Crippen LogP contribution in [0.1, 0.15) is 16.7 Å². The predicted molar refractivity (Wildman–Crippen MR) is 117 cm³/mol. The molecule has 164 valence electrons. The van der Waals surface area contributed by atoms with Crippen LogP contribution in [0.4, 0.5) is 5.69 Å². The maximum absolute atomic E-state index is 12.5. The number of benzene rings is 2. The lowest BCUT2D eigenvalue weighted by Gasteiger charge is -2.18. The summed E-state index contributed by atoms with van der Waals surface area (Å²) in [4.78, 5) is 14.3. The average molecular weight is 436 g/mol. The standard InChI is InChI=1S/C21H29N3O5S/c1-14-10-17(30(22,26)27)12-18(15(14)2)23-21(25)13-24(3)9-8-16-6-7-19(28-4)20(11-16)29-5/h6-7,10-12H,8-9,13H2,1-5H3,(H,23,25)(H2,22,26,27). The average Bonchev–Trinajstić information content (AvgIpc) is 2.68. The van der Waals surface area contributed by atoms with Gasteiger partial charge in [-0.25, -0.2) is 13.6 Å². The molecule has 2 aromatic carbocycles. The Morgan fingerprint density at radius 2 is 1.77 bits per heavy atom. The van der Waals surface area contributed by atoms with E-state index in [1.165, 1.54) is 12.1 Å². The molecule has 0 aliphatic rings. The van der Waals surface area contributed by atoms with Gasteiger partial charge in [0.15, 0.2) is 11.5 Å². The zero-order valence-electron chi connectivity index (χ0n) is 18.0. The molecule has 0 unspecified atom stereocenters. The van der Waals surface area contributed by atoms with E-state index in [1.54, 1.807) is 21.1 Å². The predicted octanol–water partition coefficient (Wildman–Crippen LogP) is 2.08. The fourth-order valence-corrected chi connectivity index (χ4v) is 3.61. The highest BCUT2D eigenvalue weighted by molar-refractivity contribution is 7.89. The van der Waals surface area contributed by atoms with Crippen LogP contribution in [-0.4, -0.2) is 53.6 Å². The molecule has 2 aromatic rings. The summed E-state index contributed by atoms with van der Waals surface area (Å²) in [5.41, 5.74) is 3.03. The van der Waals surface area contributed by atoms with E-state index >= 15 is 0 Å². The van der Waals surface area contributed by atoms with Crippen molar-refractivity contribution >= 4 is 21.6 Å². The molecule has 8 nitrogen and oxygen atoms in total. The van der Waals surface area contributed by atoms with Gasteiger partial charge in [0.1, 0.15) is 0 Å². The number of primary sulfonamides is 1. The highest BCUT2D eigenvalue weighted by Gasteiger charge is 2.15. The molecule has 1 amide bonds. The van der Waals surface area contributed by atoms with Gasteiger partial charge in [-0.3, -0.25) is 9.69 Å². The SMILES string of the molecule is COc1ccc(CCN(C)CC(=O)Nc2cc(S(N)(=O)=O)cc(C)c2C)cc1OC. The van der Waals surface area contributed by atoms with Gasteiger partial charge in [0.2, 0.25) is 15.9 Å². The minimum atomic E-state index is -3.85. The normalized spacial score (nSPS) is 11.4. The van der Waals surface area contributed by atoms with Crippen LogP contribution in [0, 0.1) is 13.8 Å². The Morgan fingerprint density at radius 3 is 2.37 bits per heavy atom. The molecule has 0 bridgehead atoms. The lowest BCUT2D eigenvalue weighted by Crippen LogP contribution is -2.32. The molecule has 0 aliphatic heterocycles. The molecule has 3 N–H and O–H groups in total. The molecule has 9 heteroatoms. The molecule has 0 spiro atoms. The first-order valence-corrected chi connectivity index (χ1v) is 10.9. The van der Waals surface area contributed by atoms with Crippen molar-refractivity contribution in [2.75, 3.05) is 39.7 Å². The van der Waals surface area contributed by atoms with E-state index in [-0.39, 0.29) is 17.3 Å². The highest BCUT2D eigenvalue weighted by atomic mass is 32.2. The summed E-state index contributed by atoms with van der Waals surface area (Å²) in [6.07, 6.45) is 0.725. The first kappa shape index (κ1) is 23.7. The van der Waals surface area contributed by atoms with Crippen LogP contribution < -0.4 is 19.9 Å². The lowest BCUT2D eigenvalue weighted by molar-refractivity contribution is -0.117. The summed E-state index contributed by atoms with van der Waals surface area (Å²) in [7, 11) is 1.17. The van der Waals surface area contributed by atoms with Gasteiger partial charge in [-0.2, -0.15) is 0 Å². The van der Waals surface area contributed by atoms with E-state index in [4.69, 9.17) is 14.6 Å². The van der Waals surface area contributed by atoms with Gasteiger partial charge in [0, 0.05) is 12.2 Å². The summed E-state index contributed by atoms with van der Waals surface area (Å²) >= 11 is 0. The van der Waals surface area contributed by atoms with Crippen LogP contribution in [0.3, 0.4) is 0 Å². The number of hydrogen-bond donors (Lipinski definition) is 2. The van der Waals surface area contributed by atoms with E-state index < -0.39 is 10.0 Å². The Hall–Kier alpha value is -2.62. The number of ether oxygens (including phenoxy) is 2. The molecular formula is C21H29N3O5S. The minimum Gasteiger partial charge on any atom is -0.493 e. The van der Waals surface area contributed by atoms with Crippen LogP contribution in [0.25, 0.3) is 0 Å². The third kappa shape index (κ3) is 6.19. The van der Waals surface area contributed by atoms with E-state index in [9.17, 15) is 13.2 Å². The van der Waals surface area contributed by atoms with E-state index in [1.807, 2.05) is 37.1 Å². The number of nitrogens with one attached hydrogen (secondary N) is 1. The fourth-order valence-electron chi connectivity index (χ4n) is 2.99. The number of nitrogens with two attached hydrogens (primary N) is 1. The number of likely N-dealkylation sites (N-methyl/N-ethyl adjacent to an activating group) is 1. The number of hydrogen-bond acceptors (Lipinski definition) is 6. The molecule has 0 fully saturated rings. The molecule has 0 atom stereocenters. The summed E-state index contributed by atoms with van der Waals surface area (Å²) in [6, 6.07) is 8.61. The van der Waals surface area contributed by atoms with Crippen molar-refractivity contribution in [2.45, 2.75) is 25.2 Å². The third-order valence-electron chi connectivity index (χ3n) is 4.89. The molecular weight excluding hydrogens is 406 g/mol. The second-order valence-electron chi connectivity index (χ2n) is 7.18. The summed E-state index contributed by atoms with van der Waals surface area (Å²) in [6.45, 7) is 4.40. The Bertz CT molecular complexity index is 1020. The van der Waals surface area contributed by atoms with Gasteiger partial charge in [0.25, 0.3) is 0 Å². The molecule has 0 radical (unpaired) electrons. The van der Waals surface area contributed by atoms with Gasteiger partial charge in [-0.1, -0.05) is 6.07 Å². The Balaban J connectivity index is 1.99. The van der Waals surface area contributed by atoms with Crippen molar-refractivity contribution < 1.29 is 22.7 Å². The summed E-state index contributed by atoms with van der Waals surface area (Å²) < 4.78 is 33.9. The molecule has 0 saturated heterocycles. The fraction of sp³-hybridized carbons (Fsp3) is 0.381. The quantitative estimate of drug-likeness (QED) is 0.624. The van der Waals surface area contributed by atoms with Crippen LogP contribution in [0.15, 0.2) is 35.2 Å². The first-order chi connectivity index (χ1) is 14.0. The monoisotopic (exact) mass is 435 g/mol. The van der Waals surface area contributed by atoms with Crippen molar-refractivity contribution in [3.8, 4) is 11.5 Å². The minimum absolute atomic E-state index is 0.0253. The maximum Gasteiger partial charge on any atom is 0.238 e. The van der Waals surface area contributed by atoms with Crippen LogP contribution in [0.2, 0.25) is 0 Å². The zero-order valence-corrected chi connectivity index (χ0v) is 18.8. The van der Waals surface area contributed by atoms with Gasteiger partial charge in [-0.15, -0.1) is 0 Å². The maximum atomic E-state index is 12.5. The van der Waals surface area contributed by atoms with E-state index in [2.05, 4.69) is 5.32 Å². The largest absolute Gasteiger partial charge is 0.493 e. The van der Waals surface area contributed by atoms with E-state index in [0.717, 1.165) is 23.1 Å². The Morgan fingerprint density at radius 1 is 1.10 bits per heavy atom. The van der Waals surface area contributed by atoms with Crippen molar-refractivity contribution in [2.24, 2.45) is 5.14 Å². The molecule has 0 heterocycles. The number of anilines is 1. The van der Waals surface area contributed by atoms with Crippen LogP contribution >= 0.6 is 0 Å². The van der Waals surface area contributed by atoms with Gasteiger partial charge in [0.05, 0.1) is 25.7 Å². The second kappa shape index (κ2) is 9.92. The molecule has 30 heavy (non-hydrogen) atoms. The number of sulfonamides is 1. The number of methoxy groups -OCH3 is 2. The highest BCUT2D eigenvalue weighted by Crippen LogP contribution is 2.27. The molecule has 2 rings (SSSR count). The Labute approximate surface area is 178 Å². The molecule has 0 aliphatic carbocycles. The van der Waals surface area contributed by atoms with Crippen molar-refractivity contribution in [1.29, 1.82) is 0 Å². The number of amides is 1. The summed E-state index contributed by atoms with van der Waals surface area (Å²) in [5, 5.41) is 8.01. The van der Waals surface area contributed by atoms with Crippen molar-refractivity contribution in [1.82, 2.24) is 4.90 Å². The molecule has 0 saturated carbocycles. The topological polar surface area (TPSA) is 111 Å².